The lowest BCUT2D eigenvalue weighted by Gasteiger charge is -2.40. The van der Waals surface area contributed by atoms with E-state index in [0.717, 1.165) is 19.4 Å². The van der Waals surface area contributed by atoms with Crippen molar-refractivity contribution in [2.75, 3.05) is 11.9 Å². The van der Waals surface area contributed by atoms with Crippen molar-refractivity contribution in [2.24, 2.45) is 5.92 Å². The summed E-state index contributed by atoms with van der Waals surface area (Å²) >= 11 is 0. The molecule has 1 N–H and O–H groups in total. The molecule has 1 saturated carbocycles. The Morgan fingerprint density at radius 2 is 2.10 bits per heavy atom. The Kier molecular flexibility index (Phi) is 2.62. The number of amides is 1. The largest absolute Gasteiger partial charge is 0.381 e. The average Bonchev–Trinajstić information content (AvgIpc) is 2.85. The van der Waals surface area contributed by atoms with E-state index in [1.54, 1.807) is 6.92 Å². The first-order valence-electron chi connectivity index (χ1n) is 7.57. The minimum absolute atomic E-state index is 0.167. The molecule has 0 saturated heterocycles. The van der Waals surface area contributed by atoms with Crippen LogP contribution in [0, 0.1) is 5.92 Å². The molecule has 1 amide bonds. The Morgan fingerprint density at radius 3 is 2.95 bits per heavy atom. The van der Waals surface area contributed by atoms with Crippen molar-refractivity contribution in [2.45, 2.75) is 38.1 Å². The van der Waals surface area contributed by atoms with Crippen molar-refractivity contribution in [3.63, 3.8) is 0 Å². The van der Waals surface area contributed by atoms with Gasteiger partial charge >= 0.3 is 0 Å². The van der Waals surface area contributed by atoms with Crippen LogP contribution in [0.4, 0.5) is 5.69 Å². The second-order valence-electron chi connectivity index (χ2n) is 6.21. The van der Waals surface area contributed by atoms with Crippen LogP contribution in [0.15, 0.2) is 36.0 Å². The van der Waals surface area contributed by atoms with Gasteiger partial charge in [-0.25, -0.2) is 0 Å². The van der Waals surface area contributed by atoms with Crippen LogP contribution in [0.5, 0.6) is 0 Å². The number of carbonyl (C=O) groups excluding carboxylic acids is 1. The number of nitrogens with one attached hydrogen (secondary N) is 1. The molecule has 0 spiro atoms. The first-order chi connectivity index (χ1) is 9.74. The third-order valence-electron chi connectivity index (χ3n) is 5.18. The summed E-state index contributed by atoms with van der Waals surface area (Å²) in [5.41, 5.74) is 4.27. The van der Waals surface area contributed by atoms with E-state index < -0.39 is 0 Å². The van der Waals surface area contributed by atoms with Gasteiger partial charge in [0, 0.05) is 43.2 Å². The van der Waals surface area contributed by atoms with Crippen LogP contribution in [0.2, 0.25) is 0 Å². The first kappa shape index (κ1) is 12.0. The highest BCUT2D eigenvalue weighted by Gasteiger charge is 2.43. The Hall–Kier alpha value is -1.77. The maximum absolute atomic E-state index is 11.5. The van der Waals surface area contributed by atoms with Gasteiger partial charge in [0.1, 0.15) is 0 Å². The summed E-state index contributed by atoms with van der Waals surface area (Å²) in [5, 5.41) is 3.74. The van der Waals surface area contributed by atoms with Gasteiger partial charge in [-0.2, -0.15) is 0 Å². The zero-order valence-electron chi connectivity index (χ0n) is 11.8. The summed E-state index contributed by atoms with van der Waals surface area (Å²) in [7, 11) is 0. The van der Waals surface area contributed by atoms with Gasteiger partial charge < -0.3 is 10.2 Å². The Labute approximate surface area is 119 Å². The van der Waals surface area contributed by atoms with Gasteiger partial charge in [0.2, 0.25) is 5.91 Å². The van der Waals surface area contributed by atoms with Crippen molar-refractivity contribution in [3.05, 3.63) is 41.6 Å². The minimum atomic E-state index is 0.167. The van der Waals surface area contributed by atoms with E-state index in [1.807, 2.05) is 4.90 Å². The molecular formula is C17H20N2O. The molecule has 1 aromatic rings. The molecule has 3 heteroatoms. The molecule has 1 aliphatic carbocycles. The SMILES string of the molecule is CC(=O)N1C=C2CC[C@H]3c4ccccc4N[C@H]3[C@@H]2CC1. The molecule has 0 bridgehead atoms. The fourth-order valence-electron chi connectivity index (χ4n) is 4.20. The van der Waals surface area contributed by atoms with Crippen LogP contribution >= 0.6 is 0 Å². The number of para-hydroxylation sites is 1. The molecule has 0 radical (unpaired) electrons. The summed E-state index contributed by atoms with van der Waals surface area (Å²) in [5.74, 6) is 1.41. The summed E-state index contributed by atoms with van der Waals surface area (Å²) in [6.45, 7) is 2.53. The quantitative estimate of drug-likeness (QED) is 0.784. The van der Waals surface area contributed by atoms with Crippen LogP contribution in [0.25, 0.3) is 0 Å². The second-order valence-corrected chi connectivity index (χ2v) is 6.21. The molecule has 1 fully saturated rings. The van der Waals surface area contributed by atoms with Gasteiger partial charge in [0.25, 0.3) is 0 Å². The number of benzene rings is 1. The molecule has 3 atom stereocenters. The number of hydrogen-bond donors (Lipinski definition) is 1. The smallest absolute Gasteiger partial charge is 0.223 e. The lowest BCUT2D eigenvalue weighted by molar-refractivity contribution is -0.126. The monoisotopic (exact) mass is 268 g/mol. The van der Waals surface area contributed by atoms with E-state index in [-0.39, 0.29) is 5.91 Å². The third kappa shape index (κ3) is 1.69. The molecule has 104 valence electrons. The van der Waals surface area contributed by atoms with E-state index in [2.05, 4.69) is 35.8 Å². The van der Waals surface area contributed by atoms with Crippen LogP contribution in [0.1, 0.15) is 37.7 Å². The highest BCUT2D eigenvalue weighted by atomic mass is 16.2. The van der Waals surface area contributed by atoms with Gasteiger partial charge in [-0.05, 0) is 36.5 Å². The van der Waals surface area contributed by atoms with Crippen molar-refractivity contribution in [3.8, 4) is 0 Å². The van der Waals surface area contributed by atoms with Crippen molar-refractivity contribution < 1.29 is 4.79 Å². The molecule has 0 aromatic heterocycles. The maximum atomic E-state index is 11.5. The molecule has 2 aliphatic heterocycles. The van der Waals surface area contributed by atoms with Crippen molar-refractivity contribution >= 4 is 11.6 Å². The topological polar surface area (TPSA) is 32.3 Å². The van der Waals surface area contributed by atoms with Gasteiger partial charge in [-0.15, -0.1) is 0 Å². The van der Waals surface area contributed by atoms with Crippen molar-refractivity contribution in [1.29, 1.82) is 0 Å². The molecule has 4 rings (SSSR count). The first-order valence-corrected chi connectivity index (χ1v) is 7.57. The molecule has 0 unspecified atom stereocenters. The van der Waals surface area contributed by atoms with Gasteiger partial charge in [0.05, 0.1) is 0 Å². The van der Waals surface area contributed by atoms with E-state index in [9.17, 15) is 4.79 Å². The molecule has 3 aliphatic rings. The van der Waals surface area contributed by atoms with E-state index in [0.29, 0.717) is 17.9 Å². The zero-order valence-corrected chi connectivity index (χ0v) is 11.8. The maximum Gasteiger partial charge on any atom is 0.223 e. The van der Waals surface area contributed by atoms with Gasteiger partial charge in [-0.3, -0.25) is 4.79 Å². The van der Waals surface area contributed by atoms with E-state index in [4.69, 9.17) is 0 Å². The summed E-state index contributed by atoms with van der Waals surface area (Å²) < 4.78 is 0. The van der Waals surface area contributed by atoms with Crippen LogP contribution in [0.3, 0.4) is 0 Å². The highest BCUT2D eigenvalue weighted by molar-refractivity contribution is 5.74. The fraction of sp³-hybridized carbons (Fsp3) is 0.471. The number of carbonyl (C=O) groups is 1. The fourth-order valence-corrected chi connectivity index (χ4v) is 4.20. The molecule has 2 heterocycles. The number of fused-ring (bicyclic) bond motifs is 5. The molecular weight excluding hydrogens is 248 g/mol. The lowest BCUT2D eigenvalue weighted by Crippen LogP contribution is -2.41. The normalized spacial score (nSPS) is 30.8. The number of rotatable bonds is 0. The summed E-state index contributed by atoms with van der Waals surface area (Å²) in [6, 6.07) is 9.25. The van der Waals surface area contributed by atoms with Crippen molar-refractivity contribution in [1.82, 2.24) is 4.90 Å². The molecule has 1 aromatic carbocycles. The molecule has 3 nitrogen and oxygen atoms in total. The van der Waals surface area contributed by atoms with Crippen LogP contribution in [-0.4, -0.2) is 23.4 Å². The average molecular weight is 268 g/mol. The summed E-state index contributed by atoms with van der Waals surface area (Å²) in [6.07, 6.45) is 5.54. The minimum Gasteiger partial charge on any atom is -0.381 e. The predicted octanol–water partition coefficient (Wildman–Crippen LogP) is 3.11. The number of hydrogen-bond acceptors (Lipinski definition) is 2. The standard InChI is InChI=1S/C17H20N2O/c1-11(20)19-9-8-13-12(10-19)6-7-15-14-4-2-3-5-16(14)18-17(13)15/h2-5,10,13,15,17-18H,6-9H2,1H3/t13-,15+,17+/m1/s1. The van der Waals surface area contributed by atoms with E-state index >= 15 is 0 Å². The summed E-state index contributed by atoms with van der Waals surface area (Å²) in [4.78, 5) is 13.4. The van der Waals surface area contributed by atoms with Gasteiger partial charge in [-0.1, -0.05) is 18.2 Å². The third-order valence-corrected chi connectivity index (χ3v) is 5.18. The number of nitrogens with zero attached hydrogens (tertiary/aromatic N) is 1. The number of anilines is 1. The predicted molar refractivity (Wildman–Crippen MR) is 79.4 cm³/mol. The Bertz CT molecular complexity index is 592. The Morgan fingerprint density at radius 1 is 1.25 bits per heavy atom. The van der Waals surface area contributed by atoms with Crippen LogP contribution < -0.4 is 5.32 Å². The lowest BCUT2D eigenvalue weighted by atomic mass is 9.71. The highest BCUT2D eigenvalue weighted by Crippen LogP contribution is 2.49. The second kappa shape index (κ2) is 4.37. The van der Waals surface area contributed by atoms with Gasteiger partial charge in [0.15, 0.2) is 0 Å². The van der Waals surface area contributed by atoms with E-state index in [1.165, 1.54) is 23.2 Å². The zero-order chi connectivity index (χ0) is 13.7. The Balaban J connectivity index is 1.65. The van der Waals surface area contributed by atoms with Crippen LogP contribution in [-0.2, 0) is 4.79 Å². The molecule has 20 heavy (non-hydrogen) atoms.